The summed E-state index contributed by atoms with van der Waals surface area (Å²) in [5.74, 6) is -0.537. The number of nitrogens with two attached hydrogens (primary N) is 1. The molecule has 0 aliphatic rings. The quantitative estimate of drug-likeness (QED) is 0.607. The molecule has 0 aliphatic carbocycles. The number of halogens is 2. The van der Waals surface area contributed by atoms with Gasteiger partial charge in [-0.15, -0.1) is 0 Å². The molecule has 0 saturated carbocycles. The smallest absolute Gasteiger partial charge is 0.331 e. The van der Waals surface area contributed by atoms with Gasteiger partial charge in [0.1, 0.15) is 5.82 Å². The van der Waals surface area contributed by atoms with Crippen molar-refractivity contribution in [2.24, 2.45) is 0 Å². The summed E-state index contributed by atoms with van der Waals surface area (Å²) in [4.78, 5) is 13.1. The molecule has 82 valence electrons. The first-order valence-corrected chi connectivity index (χ1v) is 3.82. The monoisotopic (exact) mass is 219 g/mol. The molecule has 1 aromatic heterocycles. The Hall–Kier alpha value is -1.99. The van der Waals surface area contributed by atoms with Crippen molar-refractivity contribution in [1.29, 1.82) is 0 Å². The number of anilines is 1. The SMILES string of the molecule is Nc1ccc([N+](=O)[O-])c(OCC(F)F)n1. The predicted octanol–water partition coefficient (Wildman–Crippen LogP) is 1.22. The minimum absolute atomic E-state index is 0.0372. The van der Waals surface area contributed by atoms with Crippen molar-refractivity contribution in [2.45, 2.75) is 6.43 Å². The minimum atomic E-state index is -2.73. The van der Waals surface area contributed by atoms with Crippen LogP contribution in [0.5, 0.6) is 5.88 Å². The number of alkyl halides is 2. The second-order valence-electron chi connectivity index (χ2n) is 2.52. The summed E-state index contributed by atoms with van der Waals surface area (Å²) in [5, 5.41) is 10.4. The molecular weight excluding hydrogens is 212 g/mol. The second-order valence-corrected chi connectivity index (χ2v) is 2.52. The van der Waals surface area contributed by atoms with Crippen LogP contribution >= 0.6 is 0 Å². The highest BCUT2D eigenvalue weighted by atomic mass is 19.3. The van der Waals surface area contributed by atoms with Crippen molar-refractivity contribution in [3.05, 3.63) is 22.2 Å². The number of ether oxygens (including phenoxy) is 1. The molecule has 0 aliphatic heterocycles. The zero-order valence-corrected chi connectivity index (χ0v) is 7.39. The summed E-state index contributed by atoms with van der Waals surface area (Å²) in [5.41, 5.74) is 4.74. The summed E-state index contributed by atoms with van der Waals surface area (Å²) in [6.07, 6.45) is -2.73. The lowest BCUT2D eigenvalue weighted by atomic mass is 10.4. The highest BCUT2D eigenvalue weighted by Gasteiger charge is 2.18. The summed E-state index contributed by atoms with van der Waals surface area (Å²) in [7, 11) is 0. The lowest BCUT2D eigenvalue weighted by molar-refractivity contribution is -0.386. The number of hydrogen-bond acceptors (Lipinski definition) is 5. The van der Waals surface area contributed by atoms with Crippen LogP contribution in [0, 0.1) is 10.1 Å². The zero-order chi connectivity index (χ0) is 11.4. The first-order valence-electron chi connectivity index (χ1n) is 3.82. The van der Waals surface area contributed by atoms with Crippen LogP contribution in [0.3, 0.4) is 0 Å². The molecule has 0 spiro atoms. The molecule has 8 heteroatoms. The van der Waals surface area contributed by atoms with E-state index in [0.29, 0.717) is 0 Å². The Morgan fingerprint density at radius 2 is 2.27 bits per heavy atom. The molecule has 15 heavy (non-hydrogen) atoms. The largest absolute Gasteiger partial charge is 0.467 e. The lowest BCUT2D eigenvalue weighted by Gasteiger charge is -2.05. The van der Waals surface area contributed by atoms with Crippen molar-refractivity contribution in [3.63, 3.8) is 0 Å². The summed E-state index contributed by atoms with van der Waals surface area (Å²) >= 11 is 0. The van der Waals surface area contributed by atoms with E-state index in [1.807, 2.05) is 0 Å². The van der Waals surface area contributed by atoms with Crippen LogP contribution < -0.4 is 10.5 Å². The zero-order valence-electron chi connectivity index (χ0n) is 7.39. The van der Waals surface area contributed by atoms with Gasteiger partial charge in [-0.2, -0.15) is 4.98 Å². The highest BCUT2D eigenvalue weighted by Crippen LogP contribution is 2.25. The molecule has 0 radical (unpaired) electrons. The van der Waals surface area contributed by atoms with E-state index in [1.54, 1.807) is 0 Å². The van der Waals surface area contributed by atoms with Crippen molar-refractivity contribution >= 4 is 11.5 Å². The normalized spacial score (nSPS) is 10.3. The van der Waals surface area contributed by atoms with Crippen LogP contribution in [0.15, 0.2) is 12.1 Å². The molecular formula is C7H7F2N3O3. The third-order valence-corrected chi connectivity index (χ3v) is 1.40. The van der Waals surface area contributed by atoms with Gasteiger partial charge in [0.2, 0.25) is 0 Å². The van der Waals surface area contributed by atoms with Crippen molar-refractivity contribution in [3.8, 4) is 5.88 Å². The Morgan fingerprint density at radius 3 is 2.80 bits per heavy atom. The standard InChI is InChI=1S/C7H7F2N3O3/c8-5(9)3-15-7-4(12(13)14)1-2-6(10)11-7/h1-2,5H,3H2,(H2,10,11). The van der Waals surface area contributed by atoms with Gasteiger partial charge in [-0.1, -0.05) is 0 Å². The van der Waals surface area contributed by atoms with Gasteiger partial charge in [-0.25, -0.2) is 8.78 Å². The van der Waals surface area contributed by atoms with Crippen LogP contribution in [-0.2, 0) is 0 Å². The Bertz CT molecular complexity index is 372. The van der Waals surface area contributed by atoms with Gasteiger partial charge in [0.15, 0.2) is 6.61 Å². The predicted molar refractivity (Wildman–Crippen MR) is 46.8 cm³/mol. The fraction of sp³-hybridized carbons (Fsp3) is 0.286. The minimum Gasteiger partial charge on any atom is -0.467 e. The molecule has 0 aromatic carbocycles. The summed E-state index contributed by atoms with van der Waals surface area (Å²) < 4.78 is 28.1. The second kappa shape index (κ2) is 4.49. The number of nitro groups is 1. The maximum Gasteiger partial charge on any atom is 0.331 e. The van der Waals surface area contributed by atoms with Crippen LogP contribution in [-0.4, -0.2) is 22.9 Å². The fourth-order valence-corrected chi connectivity index (χ4v) is 0.834. The van der Waals surface area contributed by atoms with Gasteiger partial charge in [0.25, 0.3) is 12.3 Å². The maximum absolute atomic E-state index is 11.8. The van der Waals surface area contributed by atoms with Gasteiger partial charge in [0.05, 0.1) is 4.92 Å². The van der Waals surface area contributed by atoms with Gasteiger partial charge in [-0.05, 0) is 6.07 Å². The van der Waals surface area contributed by atoms with Crippen molar-refractivity contribution in [1.82, 2.24) is 4.98 Å². The summed E-state index contributed by atoms with van der Waals surface area (Å²) in [6, 6.07) is 2.23. The number of aromatic nitrogens is 1. The topological polar surface area (TPSA) is 91.3 Å². The molecule has 0 bridgehead atoms. The Labute approximate surface area is 82.8 Å². The van der Waals surface area contributed by atoms with Gasteiger partial charge < -0.3 is 10.5 Å². The van der Waals surface area contributed by atoms with Crippen LogP contribution in [0.4, 0.5) is 20.3 Å². The van der Waals surface area contributed by atoms with Crippen LogP contribution in [0.2, 0.25) is 0 Å². The maximum atomic E-state index is 11.8. The number of hydrogen-bond donors (Lipinski definition) is 1. The average Bonchev–Trinajstić information content (AvgIpc) is 2.14. The first-order chi connectivity index (χ1) is 7.00. The van der Waals surface area contributed by atoms with E-state index in [2.05, 4.69) is 9.72 Å². The van der Waals surface area contributed by atoms with E-state index in [1.165, 1.54) is 6.07 Å². The fourth-order valence-electron chi connectivity index (χ4n) is 0.834. The summed E-state index contributed by atoms with van der Waals surface area (Å²) in [6.45, 7) is -0.961. The Kier molecular flexibility index (Phi) is 3.32. The first kappa shape index (κ1) is 11.1. The molecule has 0 amide bonds. The van der Waals surface area contributed by atoms with Gasteiger partial charge in [0, 0.05) is 6.07 Å². The molecule has 0 fully saturated rings. The van der Waals surface area contributed by atoms with Gasteiger partial charge in [-0.3, -0.25) is 10.1 Å². The Balaban J connectivity index is 2.92. The third-order valence-electron chi connectivity index (χ3n) is 1.40. The van der Waals surface area contributed by atoms with Gasteiger partial charge >= 0.3 is 5.69 Å². The molecule has 6 nitrogen and oxygen atoms in total. The van der Waals surface area contributed by atoms with Crippen molar-refractivity contribution in [2.75, 3.05) is 12.3 Å². The number of pyridine rings is 1. The Morgan fingerprint density at radius 1 is 1.60 bits per heavy atom. The number of rotatable bonds is 4. The van der Waals surface area contributed by atoms with Crippen LogP contribution in [0.25, 0.3) is 0 Å². The number of nitrogens with zero attached hydrogens (tertiary/aromatic N) is 2. The molecule has 1 aromatic rings. The van der Waals surface area contributed by atoms with E-state index in [4.69, 9.17) is 5.73 Å². The molecule has 1 rings (SSSR count). The van der Waals surface area contributed by atoms with E-state index >= 15 is 0 Å². The molecule has 1 heterocycles. The average molecular weight is 219 g/mol. The van der Waals surface area contributed by atoms with E-state index in [-0.39, 0.29) is 5.82 Å². The molecule has 0 unspecified atom stereocenters. The molecule has 0 atom stereocenters. The van der Waals surface area contributed by atoms with E-state index in [9.17, 15) is 18.9 Å². The van der Waals surface area contributed by atoms with Crippen LogP contribution in [0.1, 0.15) is 0 Å². The van der Waals surface area contributed by atoms with Crippen molar-refractivity contribution < 1.29 is 18.4 Å². The number of nitrogen functional groups attached to an aromatic ring is 1. The lowest BCUT2D eigenvalue weighted by Crippen LogP contribution is -2.10. The third kappa shape index (κ3) is 3.01. The molecule has 0 saturated heterocycles. The van der Waals surface area contributed by atoms with E-state index in [0.717, 1.165) is 6.07 Å². The van der Waals surface area contributed by atoms with E-state index < -0.39 is 29.5 Å². The molecule has 2 N–H and O–H groups in total. The highest BCUT2D eigenvalue weighted by molar-refractivity contribution is 5.46.